The lowest BCUT2D eigenvalue weighted by molar-refractivity contribution is 0.758. The first-order chi connectivity index (χ1) is 6.40. The highest BCUT2D eigenvalue weighted by molar-refractivity contribution is 5.25. The predicted octanol–water partition coefficient (Wildman–Crippen LogP) is 1.03. The molecule has 0 aromatic carbocycles. The minimum Gasteiger partial charge on any atom is -0.316 e. The molecule has 0 amide bonds. The van der Waals surface area contributed by atoms with Gasteiger partial charge in [0.05, 0.1) is 0 Å². The van der Waals surface area contributed by atoms with Crippen LogP contribution in [0.3, 0.4) is 0 Å². The van der Waals surface area contributed by atoms with Crippen LogP contribution in [0, 0.1) is 11.3 Å². The van der Waals surface area contributed by atoms with E-state index in [1.54, 1.807) is 6.07 Å². The molecule has 1 aromatic heterocycles. The molecule has 1 aromatic rings. The Hall–Kier alpha value is -1.40. The van der Waals surface area contributed by atoms with Crippen molar-refractivity contribution in [2.24, 2.45) is 0 Å². The van der Waals surface area contributed by atoms with Gasteiger partial charge < -0.3 is 5.32 Å². The molecule has 0 bridgehead atoms. The van der Waals surface area contributed by atoms with Gasteiger partial charge in [0, 0.05) is 12.7 Å². The smallest absolute Gasteiger partial charge is 0.140 e. The molecule has 1 saturated heterocycles. The Morgan fingerprint density at radius 1 is 1.54 bits per heavy atom. The van der Waals surface area contributed by atoms with Crippen LogP contribution in [-0.2, 0) is 0 Å². The van der Waals surface area contributed by atoms with E-state index >= 15 is 0 Å². The van der Waals surface area contributed by atoms with Crippen LogP contribution in [-0.4, -0.2) is 18.1 Å². The van der Waals surface area contributed by atoms with Crippen molar-refractivity contribution in [3.05, 3.63) is 29.6 Å². The largest absolute Gasteiger partial charge is 0.316 e. The van der Waals surface area contributed by atoms with Gasteiger partial charge >= 0.3 is 0 Å². The summed E-state index contributed by atoms with van der Waals surface area (Å²) in [5.74, 6) is 0.584. The fourth-order valence-electron chi connectivity index (χ4n) is 1.65. The van der Waals surface area contributed by atoms with Gasteiger partial charge in [0.2, 0.25) is 0 Å². The van der Waals surface area contributed by atoms with E-state index in [4.69, 9.17) is 5.26 Å². The van der Waals surface area contributed by atoms with E-state index in [-0.39, 0.29) is 0 Å². The van der Waals surface area contributed by atoms with Crippen molar-refractivity contribution >= 4 is 0 Å². The first kappa shape index (κ1) is 8.21. The van der Waals surface area contributed by atoms with Crippen LogP contribution < -0.4 is 5.32 Å². The van der Waals surface area contributed by atoms with Gasteiger partial charge in [0.15, 0.2) is 0 Å². The number of nitrogens with one attached hydrogen (secondary N) is 1. The van der Waals surface area contributed by atoms with E-state index in [2.05, 4.69) is 10.3 Å². The van der Waals surface area contributed by atoms with Crippen LogP contribution >= 0.6 is 0 Å². The van der Waals surface area contributed by atoms with E-state index in [1.165, 1.54) is 12.0 Å². The van der Waals surface area contributed by atoms with Gasteiger partial charge in [0.1, 0.15) is 11.8 Å². The Labute approximate surface area is 77.4 Å². The Kier molecular flexibility index (Phi) is 2.24. The lowest BCUT2D eigenvalue weighted by Crippen LogP contribution is -2.08. The summed E-state index contributed by atoms with van der Waals surface area (Å²) in [5.41, 5.74) is 1.73. The summed E-state index contributed by atoms with van der Waals surface area (Å²) in [7, 11) is 0. The zero-order chi connectivity index (χ0) is 9.10. The fraction of sp³-hybridized carbons (Fsp3) is 0.400. The van der Waals surface area contributed by atoms with E-state index in [9.17, 15) is 0 Å². The van der Waals surface area contributed by atoms with E-state index in [0.29, 0.717) is 11.6 Å². The van der Waals surface area contributed by atoms with Crippen LogP contribution in [0.4, 0.5) is 0 Å². The van der Waals surface area contributed by atoms with Crippen molar-refractivity contribution in [1.29, 1.82) is 5.26 Å². The zero-order valence-electron chi connectivity index (χ0n) is 7.33. The first-order valence-corrected chi connectivity index (χ1v) is 4.47. The lowest BCUT2D eigenvalue weighted by Gasteiger charge is -2.06. The van der Waals surface area contributed by atoms with Gasteiger partial charge in [-0.25, -0.2) is 4.98 Å². The summed E-state index contributed by atoms with van der Waals surface area (Å²) in [6, 6.07) is 5.81. The van der Waals surface area contributed by atoms with Gasteiger partial charge in [-0.1, -0.05) is 6.07 Å². The summed E-state index contributed by atoms with van der Waals surface area (Å²) in [4.78, 5) is 4.05. The Morgan fingerprint density at radius 2 is 2.46 bits per heavy atom. The molecule has 2 rings (SSSR count). The number of rotatable bonds is 1. The molecule has 1 aliphatic heterocycles. The second kappa shape index (κ2) is 3.55. The molecule has 1 atom stereocenters. The maximum Gasteiger partial charge on any atom is 0.140 e. The Balaban J connectivity index is 2.18. The molecular weight excluding hydrogens is 162 g/mol. The quantitative estimate of drug-likeness (QED) is 0.690. The monoisotopic (exact) mass is 173 g/mol. The molecule has 1 N–H and O–H groups in total. The molecule has 1 fully saturated rings. The summed E-state index contributed by atoms with van der Waals surface area (Å²) < 4.78 is 0. The molecule has 0 spiro atoms. The van der Waals surface area contributed by atoms with Gasteiger partial charge in [-0.05, 0) is 30.5 Å². The van der Waals surface area contributed by atoms with Crippen LogP contribution in [0.1, 0.15) is 23.6 Å². The summed E-state index contributed by atoms with van der Waals surface area (Å²) >= 11 is 0. The molecule has 3 heteroatoms. The van der Waals surface area contributed by atoms with Crippen molar-refractivity contribution in [2.75, 3.05) is 13.1 Å². The van der Waals surface area contributed by atoms with E-state index in [0.717, 1.165) is 13.1 Å². The average Bonchev–Trinajstić information content (AvgIpc) is 2.71. The normalized spacial score (nSPS) is 21.3. The minimum absolute atomic E-state index is 0.495. The summed E-state index contributed by atoms with van der Waals surface area (Å²) in [5, 5.41) is 11.9. The highest BCUT2D eigenvalue weighted by Gasteiger charge is 2.16. The number of aromatic nitrogens is 1. The van der Waals surface area contributed by atoms with Crippen LogP contribution in [0.5, 0.6) is 0 Å². The van der Waals surface area contributed by atoms with Crippen molar-refractivity contribution in [3.8, 4) is 6.07 Å². The van der Waals surface area contributed by atoms with Crippen molar-refractivity contribution in [1.82, 2.24) is 10.3 Å². The SMILES string of the molecule is N#Cc1ccc(C2CCNC2)cn1. The number of nitrogens with zero attached hydrogens (tertiary/aromatic N) is 2. The first-order valence-electron chi connectivity index (χ1n) is 4.47. The second-order valence-corrected chi connectivity index (χ2v) is 3.28. The molecule has 3 nitrogen and oxygen atoms in total. The third-order valence-corrected chi connectivity index (χ3v) is 2.43. The van der Waals surface area contributed by atoms with Crippen molar-refractivity contribution in [2.45, 2.75) is 12.3 Å². The average molecular weight is 173 g/mol. The molecule has 1 unspecified atom stereocenters. The molecule has 1 aliphatic rings. The van der Waals surface area contributed by atoms with E-state index in [1.807, 2.05) is 18.3 Å². The molecule has 13 heavy (non-hydrogen) atoms. The topological polar surface area (TPSA) is 48.7 Å². The van der Waals surface area contributed by atoms with Gasteiger partial charge in [-0.2, -0.15) is 5.26 Å². The van der Waals surface area contributed by atoms with Crippen molar-refractivity contribution in [3.63, 3.8) is 0 Å². The third-order valence-electron chi connectivity index (χ3n) is 2.43. The number of hydrogen-bond acceptors (Lipinski definition) is 3. The third kappa shape index (κ3) is 1.68. The maximum atomic E-state index is 8.57. The highest BCUT2D eigenvalue weighted by atomic mass is 14.9. The molecule has 2 heterocycles. The van der Waals surface area contributed by atoms with Crippen LogP contribution in [0.25, 0.3) is 0 Å². The van der Waals surface area contributed by atoms with Gasteiger partial charge in [-0.15, -0.1) is 0 Å². The molecule has 0 aliphatic carbocycles. The molecule has 0 radical (unpaired) electrons. The van der Waals surface area contributed by atoms with Crippen molar-refractivity contribution < 1.29 is 0 Å². The second-order valence-electron chi connectivity index (χ2n) is 3.28. The molecule has 0 saturated carbocycles. The van der Waals surface area contributed by atoms with Gasteiger partial charge in [0.25, 0.3) is 0 Å². The van der Waals surface area contributed by atoms with Crippen LogP contribution in [0.2, 0.25) is 0 Å². The summed E-state index contributed by atoms with van der Waals surface area (Å²) in [6.45, 7) is 2.12. The van der Waals surface area contributed by atoms with E-state index < -0.39 is 0 Å². The fourth-order valence-corrected chi connectivity index (χ4v) is 1.65. The van der Waals surface area contributed by atoms with Crippen LogP contribution in [0.15, 0.2) is 18.3 Å². The minimum atomic E-state index is 0.495. The zero-order valence-corrected chi connectivity index (χ0v) is 7.33. The summed E-state index contributed by atoms with van der Waals surface area (Å²) in [6.07, 6.45) is 2.99. The maximum absolute atomic E-state index is 8.57. The molecular formula is C10H11N3. The number of hydrogen-bond donors (Lipinski definition) is 1. The Morgan fingerprint density at radius 3 is 3.00 bits per heavy atom. The highest BCUT2D eigenvalue weighted by Crippen LogP contribution is 2.21. The number of nitriles is 1. The number of pyridine rings is 1. The standard InChI is InChI=1S/C10H11N3/c11-5-10-2-1-8(7-13-10)9-3-4-12-6-9/h1-2,7,9,12H,3-4,6H2. The Bertz CT molecular complexity index is 317. The predicted molar refractivity (Wildman–Crippen MR) is 49.2 cm³/mol. The van der Waals surface area contributed by atoms with Gasteiger partial charge in [-0.3, -0.25) is 0 Å². The molecule has 66 valence electrons. The lowest BCUT2D eigenvalue weighted by atomic mass is 10.0.